The molecule has 1 heterocycles. The second-order valence-corrected chi connectivity index (χ2v) is 9.10. The molecule has 0 spiro atoms. The van der Waals surface area contributed by atoms with Gasteiger partial charge in [-0.25, -0.2) is 0 Å². The van der Waals surface area contributed by atoms with Crippen LogP contribution in [0.25, 0.3) is 0 Å². The maximum absolute atomic E-state index is 13.1. The van der Waals surface area contributed by atoms with Crippen molar-refractivity contribution in [3.8, 4) is 5.75 Å². The molecule has 1 aromatic rings. The van der Waals surface area contributed by atoms with E-state index in [9.17, 15) is 24.3 Å². The maximum atomic E-state index is 13.1. The molecule has 158 valence electrons. The lowest BCUT2D eigenvalue weighted by molar-refractivity contribution is -0.138. The zero-order valence-electron chi connectivity index (χ0n) is 17.0. The summed E-state index contributed by atoms with van der Waals surface area (Å²) >= 11 is 6.21. The van der Waals surface area contributed by atoms with Crippen molar-refractivity contribution in [3.63, 3.8) is 0 Å². The number of phenols is 1. The normalized spacial score (nSPS) is 30.1. The zero-order chi connectivity index (χ0) is 22.2. The van der Waals surface area contributed by atoms with Gasteiger partial charge in [0.1, 0.15) is 5.75 Å². The highest BCUT2D eigenvalue weighted by Crippen LogP contribution is 2.56. The van der Waals surface area contributed by atoms with Gasteiger partial charge < -0.3 is 5.11 Å². The highest BCUT2D eigenvalue weighted by molar-refractivity contribution is 6.30. The number of ketones is 2. The van der Waals surface area contributed by atoms with E-state index >= 15 is 0 Å². The number of fused-ring (bicyclic) bond motifs is 3. The molecule has 0 saturated carbocycles. The van der Waals surface area contributed by atoms with E-state index in [1.54, 1.807) is 19.1 Å². The van der Waals surface area contributed by atoms with Crippen LogP contribution < -0.4 is 0 Å². The lowest BCUT2D eigenvalue weighted by Gasteiger charge is -2.42. The van der Waals surface area contributed by atoms with Crippen LogP contribution in [0.5, 0.6) is 5.75 Å². The molecule has 4 aliphatic rings. The van der Waals surface area contributed by atoms with Gasteiger partial charge in [-0.2, -0.15) is 0 Å². The number of hydrogen-bond donors (Lipinski definition) is 1. The smallest absolute Gasteiger partial charge is 0.233 e. The van der Waals surface area contributed by atoms with Crippen molar-refractivity contribution < 1.29 is 24.3 Å². The molecule has 6 nitrogen and oxygen atoms in total. The third-order valence-corrected chi connectivity index (χ3v) is 7.32. The molecule has 4 atom stereocenters. The number of Topliss-reactive ketones (excluding diaryl/α,β-unsaturated/α-hetero) is 1. The second-order valence-electron chi connectivity index (χ2n) is 8.67. The lowest BCUT2D eigenvalue weighted by atomic mass is 9.59. The van der Waals surface area contributed by atoms with Gasteiger partial charge in [0.05, 0.1) is 11.8 Å². The Hall–Kier alpha value is -2.99. The average molecular weight is 438 g/mol. The molecule has 1 fully saturated rings. The highest BCUT2D eigenvalue weighted by atomic mass is 35.5. The van der Waals surface area contributed by atoms with E-state index in [2.05, 4.69) is 0 Å². The first-order valence-corrected chi connectivity index (χ1v) is 10.6. The summed E-state index contributed by atoms with van der Waals surface area (Å²) in [6, 6.07) is 4.60. The van der Waals surface area contributed by atoms with Crippen molar-refractivity contribution in [1.29, 1.82) is 0 Å². The first kappa shape index (κ1) is 19.9. The molecule has 2 amide bonds. The van der Waals surface area contributed by atoms with Gasteiger partial charge in [0, 0.05) is 40.3 Å². The summed E-state index contributed by atoms with van der Waals surface area (Å²) in [5.74, 6) is -3.15. The first-order valence-electron chi connectivity index (χ1n) is 10.2. The van der Waals surface area contributed by atoms with E-state index in [1.165, 1.54) is 24.1 Å². The number of likely N-dealkylation sites (tertiary alicyclic amines) is 1. The van der Waals surface area contributed by atoms with Crippen molar-refractivity contribution in [3.05, 3.63) is 63.2 Å². The van der Waals surface area contributed by atoms with E-state index in [1.807, 2.05) is 6.08 Å². The van der Waals surface area contributed by atoms with Crippen LogP contribution in [0.15, 0.2) is 52.6 Å². The average Bonchev–Trinajstić information content (AvgIpc) is 2.96. The molecule has 1 saturated heterocycles. The summed E-state index contributed by atoms with van der Waals surface area (Å²) < 4.78 is 0. The fourth-order valence-corrected chi connectivity index (χ4v) is 5.83. The van der Waals surface area contributed by atoms with E-state index in [-0.39, 0.29) is 35.6 Å². The molecule has 1 aromatic carbocycles. The SMILES string of the molecule is CC1=CC(=O)C2=C(C[C@@H]3C(=CC[C@@H]4C(=O)N(C)C(=O)[C@@H]43)[C@@H]2c2cc(Cl)ccc2O)C1=O. The van der Waals surface area contributed by atoms with Crippen molar-refractivity contribution in [1.82, 2.24) is 4.90 Å². The van der Waals surface area contributed by atoms with Crippen LogP contribution in [0.1, 0.15) is 31.2 Å². The Morgan fingerprint density at radius 1 is 1.10 bits per heavy atom. The molecule has 7 heteroatoms. The van der Waals surface area contributed by atoms with E-state index < -0.39 is 23.7 Å². The predicted octanol–water partition coefficient (Wildman–Crippen LogP) is 3.10. The molecule has 3 aliphatic carbocycles. The Balaban J connectivity index is 1.75. The van der Waals surface area contributed by atoms with Gasteiger partial charge >= 0.3 is 0 Å². The molecule has 1 N–H and O–H groups in total. The van der Waals surface area contributed by atoms with Crippen LogP contribution in [0.2, 0.25) is 5.02 Å². The summed E-state index contributed by atoms with van der Waals surface area (Å²) in [7, 11) is 1.48. The lowest BCUT2D eigenvalue weighted by Crippen LogP contribution is -2.39. The number of imide groups is 1. The molecule has 31 heavy (non-hydrogen) atoms. The Labute approximate surface area is 183 Å². The Kier molecular flexibility index (Phi) is 4.35. The monoisotopic (exact) mass is 437 g/mol. The van der Waals surface area contributed by atoms with E-state index in [4.69, 9.17) is 11.6 Å². The Morgan fingerprint density at radius 2 is 1.84 bits per heavy atom. The van der Waals surface area contributed by atoms with Gasteiger partial charge in [0.15, 0.2) is 11.6 Å². The number of benzene rings is 1. The van der Waals surface area contributed by atoms with Crippen molar-refractivity contribution in [2.24, 2.45) is 17.8 Å². The van der Waals surface area contributed by atoms with Gasteiger partial charge in [-0.1, -0.05) is 23.3 Å². The number of hydrogen-bond acceptors (Lipinski definition) is 5. The van der Waals surface area contributed by atoms with Crippen LogP contribution in [0.3, 0.4) is 0 Å². The standard InChI is InChI=1S/C24H20ClNO5/c1-10-7-18(28)21-16(22(10)29)9-14-12(19(21)15-8-11(25)3-6-17(15)27)4-5-13-20(14)24(31)26(2)23(13)30/h3-4,6-8,13-14,19-20,27H,5,9H2,1-2H3/t13-,14+,19+,20-/m0/s1. The van der Waals surface area contributed by atoms with Crippen molar-refractivity contribution in [2.75, 3.05) is 7.05 Å². The number of aromatic hydroxyl groups is 1. The van der Waals surface area contributed by atoms with E-state index in [0.717, 1.165) is 5.57 Å². The third kappa shape index (κ3) is 2.71. The van der Waals surface area contributed by atoms with Gasteiger partial charge in [-0.3, -0.25) is 24.1 Å². The summed E-state index contributed by atoms with van der Waals surface area (Å²) in [5.41, 5.74) is 2.27. The number of allylic oxidation sites excluding steroid dienone is 6. The number of carbonyl (C=O) groups excluding carboxylic acids is 4. The second kappa shape index (κ2) is 6.76. The van der Waals surface area contributed by atoms with Crippen LogP contribution in [-0.2, 0) is 19.2 Å². The highest BCUT2D eigenvalue weighted by Gasteiger charge is 2.55. The number of carbonyl (C=O) groups is 4. The topological polar surface area (TPSA) is 91.8 Å². The molecular formula is C24H20ClNO5. The molecule has 0 bridgehead atoms. The van der Waals surface area contributed by atoms with Crippen molar-refractivity contribution >= 4 is 35.0 Å². The maximum Gasteiger partial charge on any atom is 0.233 e. The predicted molar refractivity (Wildman–Crippen MR) is 112 cm³/mol. The Morgan fingerprint density at radius 3 is 2.58 bits per heavy atom. The number of amides is 2. The number of nitrogens with zero attached hydrogens (tertiary/aromatic N) is 1. The summed E-state index contributed by atoms with van der Waals surface area (Å²) in [4.78, 5) is 52.9. The minimum absolute atomic E-state index is 0.0395. The van der Waals surface area contributed by atoms with E-state index in [0.29, 0.717) is 33.7 Å². The number of phenolic OH excluding ortho intramolecular Hbond substituents is 1. The van der Waals surface area contributed by atoms with Crippen molar-refractivity contribution in [2.45, 2.75) is 25.7 Å². The van der Waals surface area contributed by atoms with Gasteiger partial charge in [-0.05, 0) is 50.0 Å². The van der Waals surface area contributed by atoms with Crippen LogP contribution in [0, 0.1) is 17.8 Å². The third-order valence-electron chi connectivity index (χ3n) is 7.08. The Bertz CT molecular complexity index is 1190. The minimum atomic E-state index is -0.692. The number of rotatable bonds is 1. The zero-order valence-corrected chi connectivity index (χ0v) is 17.8. The van der Waals surface area contributed by atoms with Crippen LogP contribution >= 0.6 is 11.6 Å². The largest absolute Gasteiger partial charge is 0.508 e. The molecule has 0 aromatic heterocycles. The molecular weight excluding hydrogens is 418 g/mol. The van der Waals surface area contributed by atoms with Gasteiger partial charge in [0.25, 0.3) is 0 Å². The van der Waals surface area contributed by atoms with Crippen LogP contribution in [-0.4, -0.2) is 40.4 Å². The fraction of sp³-hybridized carbons (Fsp3) is 0.333. The molecule has 0 unspecified atom stereocenters. The molecule has 5 rings (SSSR count). The van der Waals surface area contributed by atoms with Gasteiger partial charge in [-0.15, -0.1) is 0 Å². The molecule has 1 aliphatic heterocycles. The summed E-state index contributed by atoms with van der Waals surface area (Å²) in [5, 5.41) is 11.0. The quantitative estimate of drug-likeness (QED) is 0.414. The van der Waals surface area contributed by atoms with Gasteiger partial charge in [0.2, 0.25) is 11.8 Å². The van der Waals surface area contributed by atoms with Crippen LogP contribution in [0.4, 0.5) is 0 Å². The molecule has 0 radical (unpaired) electrons. The fourth-order valence-electron chi connectivity index (χ4n) is 5.65. The minimum Gasteiger partial charge on any atom is -0.508 e. The number of halogens is 1. The summed E-state index contributed by atoms with van der Waals surface area (Å²) in [6.45, 7) is 1.60. The first-order chi connectivity index (χ1) is 14.7. The summed E-state index contributed by atoms with van der Waals surface area (Å²) in [6.07, 6.45) is 3.85.